The smallest absolute Gasteiger partial charge is 0.133 e. The molecule has 0 saturated heterocycles. The van der Waals surface area contributed by atoms with Gasteiger partial charge in [0.1, 0.15) is 5.82 Å². The van der Waals surface area contributed by atoms with Crippen LogP contribution in [-0.2, 0) is 13.0 Å². The second kappa shape index (κ2) is 5.63. The maximum absolute atomic E-state index is 4.58. The minimum atomic E-state index is 0.652. The lowest BCUT2D eigenvalue weighted by atomic mass is 9.94. The van der Waals surface area contributed by atoms with Gasteiger partial charge in [-0.1, -0.05) is 25.1 Å². The number of fused-ring (bicyclic) bond motifs is 1. The van der Waals surface area contributed by atoms with Gasteiger partial charge < -0.3 is 10.2 Å². The molecule has 3 rings (SSSR count). The molecule has 20 heavy (non-hydrogen) atoms. The molecule has 1 aliphatic rings. The minimum absolute atomic E-state index is 0.652. The summed E-state index contributed by atoms with van der Waals surface area (Å²) in [6, 6.07) is 12.9. The van der Waals surface area contributed by atoms with Gasteiger partial charge in [-0.3, -0.25) is 0 Å². The lowest BCUT2D eigenvalue weighted by Gasteiger charge is -2.34. The van der Waals surface area contributed by atoms with E-state index in [4.69, 9.17) is 0 Å². The standard InChI is InChI=1S/C17H21N3/c1-13-9-15-5-3-4-6-16(15)20(12-13)17-10-14(11-18-2)7-8-19-17/h3-8,10,13,18H,9,11-12H2,1-2H3. The topological polar surface area (TPSA) is 28.2 Å². The van der Waals surface area contributed by atoms with Crippen LogP contribution in [0.15, 0.2) is 42.6 Å². The monoisotopic (exact) mass is 267 g/mol. The van der Waals surface area contributed by atoms with Crippen LogP contribution >= 0.6 is 0 Å². The molecule has 1 aliphatic heterocycles. The molecule has 0 bridgehead atoms. The lowest BCUT2D eigenvalue weighted by molar-refractivity contribution is 0.560. The predicted octanol–water partition coefficient (Wildman–Crippen LogP) is 3.13. The van der Waals surface area contributed by atoms with E-state index in [0.29, 0.717) is 5.92 Å². The van der Waals surface area contributed by atoms with Crippen LogP contribution < -0.4 is 10.2 Å². The summed E-state index contributed by atoms with van der Waals surface area (Å²) in [5.41, 5.74) is 4.00. The van der Waals surface area contributed by atoms with Crippen LogP contribution in [0.25, 0.3) is 0 Å². The summed E-state index contributed by atoms with van der Waals surface area (Å²) < 4.78 is 0. The highest BCUT2D eigenvalue weighted by Crippen LogP contribution is 2.34. The van der Waals surface area contributed by atoms with Crippen molar-refractivity contribution in [3.8, 4) is 0 Å². The molecule has 0 saturated carbocycles. The second-order valence-corrected chi connectivity index (χ2v) is 5.60. The number of nitrogens with one attached hydrogen (secondary N) is 1. The molecule has 3 heteroatoms. The molecule has 2 aromatic rings. The van der Waals surface area contributed by atoms with Gasteiger partial charge in [0.25, 0.3) is 0 Å². The molecule has 0 amide bonds. The van der Waals surface area contributed by atoms with Gasteiger partial charge in [0.05, 0.1) is 0 Å². The maximum atomic E-state index is 4.58. The Hall–Kier alpha value is -1.87. The van der Waals surface area contributed by atoms with E-state index >= 15 is 0 Å². The van der Waals surface area contributed by atoms with Gasteiger partial charge in [-0.05, 0) is 48.7 Å². The van der Waals surface area contributed by atoms with Crippen LogP contribution in [0.4, 0.5) is 11.5 Å². The van der Waals surface area contributed by atoms with Gasteiger partial charge in [-0.15, -0.1) is 0 Å². The molecular weight excluding hydrogens is 246 g/mol. The molecule has 3 nitrogen and oxygen atoms in total. The van der Waals surface area contributed by atoms with Crippen molar-refractivity contribution in [3.63, 3.8) is 0 Å². The maximum Gasteiger partial charge on any atom is 0.133 e. The zero-order valence-electron chi connectivity index (χ0n) is 12.1. The number of rotatable bonds is 3. The van der Waals surface area contributed by atoms with Gasteiger partial charge >= 0.3 is 0 Å². The summed E-state index contributed by atoms with van der Waals surface area (Å²) in [6.07, 6.45) is 3.06. The molecule has 1 N–H and O–H groups in total. The van der Waals surface area contributed by atoms with Crippen LogP contribution in [0, 0.1) is 5.92 Å². The van der Waals surface area contributed by atoms with E-state index in [1.54, 1.807) is 0 Å². The first kappa shape index (κ1) is 13.1. The second-order valence-electron chi connectivity index (χ2n) is 5.60. The fourth-order valence-corrected chi connectivity index (χ4v) is 2.94. The Morgan fingerprint density at radius 1 is 1.30 bits per heavy atom. The van der Waals surface area contributed by atoms with E-state index in [9.17, 15) is 0 Å². The van der Waals surface area contributed by atoms with E-state index in [1.165, 1.54) is 16.8 Å². The Labute approximate surface area is 120 Å². The average Bonchev–Trinajstić information content (AvgIpc) is 2.47. The zero-order valence-corrected chi connectivity index (χ0v) is 12.1. The summed E-state index contributed by atoms with van der Waals surface area (Å²) in [6.45, 7) is 4.22. The molecular formula is C17H21N3. The highest BCUT2D eigenvalue weighted by Gasteiger charge is 2.23. The molecule has 104 valence electrons. The first-order valence-electron chi connectivity index (χ1n) is 7.23. The summed E-state index contributed by atoms with van der Waals surface area (Å²) in [5.74, 6) is 1.71. The fraction of sp³-hybridized carbons (Fsp3) is 0.353. The normalized spacial score (nSPS) is 17.9. The molecule has 1 atom stereocenters. The van der Waals surface area contributed by atoms with Crippen LogP contribution in [0.1, 0.15) is 18.1 Å². The van der Waals surface area contributed by atoms with E-state index in [1.807, 2.05) is 13.2 Å². The van der Waals surface area contributed by atoms with Crippen molar-refractivity contribution in [2.24, 2.45) is 5.92 Å². The highest BCUT2D eigenvalue weighted by atomic mass is 15.2. The number of nitrogens with zero attached hydrogens (tertiary/aromatic N) is 2. The van der Waals surface area contributed by atoms with Crippen molar-refractivity contribution in [2.75, 3.05) is 18.5 Å². The van der Waals surface area contributed by atoms with E-state index in [0.717, 1.165) is 25.3 Å². The Morgan fingerprint density at radius 3 is 3.00 bits per heavy atom. The lowest BCUT2D eigenvalue weighted by Crippen LogP contribution is -2.31. The Morgan fingerprint density at radius 2 is 2.15 bits per heavy atom. The number of pyridine rings is 1. The molecule has 0 spiro atoms. The third kappa shape index (κ3) is 2.54. The van der Waals surface area contributed by atoms with Gasteiger partial charge in [0, 0.05) is 25.0 Å². The summed E-state index contributed by atoms with van der Waals surface area (Å²) in [7, 11) is 1.97. The molecule has 0 aliphatic carbocycles. The molecule has 2 heterocycles. The van der Waals surface area contributed by atoms with Crippen molar-refractivity contribution < 1.29 is 0 Å². The molecule has 0 radical (unpaired) electrons. The van der Waals surface area contributed by atoms with Crippen LogP contribution in [-0.4, -0.2) is 18.6 Å². The van der Waals surface area contributed by atoms with Gasteiger partial charge in [0.2, 0.25) is 0 Å². The number of hydrogen-bond acceptors (Lipinski definition) is 3. The Kier molecular flexibility index (Phi) is 3.70. The van der Waals surface area contributed by atoms with Gasteiger partial charge in [0.15, 0.2) is 0 Å². The van der Waals surface area contributed by atoms with Crippen LogP contribution in [0.2, 0.25) is 0 Å². The summed E-state index contributed by atoms with van der Waals surface area (Å²) in [4.78, 5) is 6.93. The van der Waals surface area contributed by atoms with Crippen LogP contribution in [0.3, 0.4) is 0 Å². The number of benzene rings is 1. The predicted molar refractivity (Wildman–Crippen MR) is 83.3 cm³/mol. The molecule has 1 aromatic heterocycles. The van der Waals surface area contributed by atoms with Crippen molar-refractivity contribution in [1.82, 2.24) is 10.3 Å². The number of para-hydroxylation sites is 1. The third-order valence-electron chi connectivity index (χ3n) is 3.81. The van der Waals surface area contributed by atoms with Crippen molar-refractivity contribution in [1.29, 1.82) is 0 Å². The SMILES string of the molecule is CNCc1ccnc(N2CC(C)Cc3ccccc32)c1. The van der Waals surface area contributed by atoms with E-state index in [-0.39, 0.29) is 0 Å². The van der Waals surface area contributed by atoms with Crippen molar-refractivity contribution >= 4 is 11.5 Å². The van der Waals surface area contributed by atoms with Crippen molar-refractivity contribution in [3.05, 3.63) is 53.7 Å². The Balaban J connectivity index is 1.99. The van der Waals surface area contributed by atoms with Crippen molar-refractivity contribution in [2.45, 2.75) is 19.9 Å². The largest absolute Gasteiger partial charge is 0.326 e. The van der Waals surface area contributed by atoms with Gasteiger partial charge in [-0.2, -0.15) is 0 Å². The fourth-order valence-electron chi connectivity index (χ4n) is 2.94. The minimum Gasteiger partial charge on any atom is -0.326 e. The highest BCUT2D eigenvalue weighted by molar-refractivity contribution is 5.65. The summed E-state index contributed by atoms with van der Waals surface area (Å²) >= 11 is 0. The zero-order chi connectivity index (χ0) is 13.9. The number of anilines is 2. The Bertz CT molecular complexity index is 594. The quantitative estimate of drug-likeness (QED) is 0.926. The van der Waals surface area contributed by atoms with Crippen LogP contribution in [0.5, 0.6) is 0 Å². The average molecular weight is 267 g/mol. The van der Waals surface area contributed by atoms with E-state index < -0.39 is 0 Å². The first-order chi connectivity index (χ1) is 9.78. The molecule has 1 unspecified atom stereocenters. The number of hydrogen-bond donors (Lipinski definition) is 1. The number of aromatic nitrogens is 1. The first-order valence-corrected chi connectivity index (χ1v) is 7.23. The molecule has 1 aromatic carbocycles. The third-order valence-corrected chi connectivity index (χ3v) is 3.81. The summed E-state index contributed by atoms with van der Waals surface area (Å²) in [5, 5.41) is 3.20. The molecule has 0 fully saturated rings. The van der Waals surface area contributed by atoms with E-state index in [2.05, 4.69) is 58.5 Å². The van der Waals surface area contributed by atoms with Gasteiger partial charge in [-0.25, -0.2) is 4.98 Å².